The van der Waals surface area contributed by atoms with Crippen LogP contribution < -0.4 is 5.32 Å². The Hall–Kier alpha value is -0.530. The Morgan fingerprint density at radius 2 is 1.79 bits per heavy atom. The zero-order valence-corrected chi connectivity index (χ0v) is 10.3. The van der Waals surface area contributed by atoms with Gasteiger partial charge in [0.2, 0.25) is 5.91 Å². The molecule has 0 aromatic carbocycles. The highest BCUT2D eigenvalue weighted by Crippen LogP contribution is 2.17. The van der Waals surface area contributed by atoms with E-state index >= 15 is 0 Å². The van der Waals surface area contributed by atoms with E-state index in [1.54, 1.807) is 0 Å². The van der Waals surface area contributed by atoms with Crippen LogP contribution in [0, 0.1) is 11.8 Å². The van der Waals surface area contributed by atoms with Crippen LogP contribution in [-0.4, -0.2) is 11.9 Å². The smallest absolute Gasteiger partial charge is 0.223 e. The summed E-state index contributed by atoms with van der Waals surface area (Å²) >= 11 is 0. The molecule has 0 heterocycles. The third-order valence-electron chi connectivity index (χ3n) is 2.19. The highest BCUT2D eigenvalue weighted by molar-refractivity contribution is 5.78. The van der Waals surface area contributed by atoms with Crippen molar-refractivity contribution in [2.75, 3.05) is 0 Å². The van der Waals surface area contributed by atoms with E-state index in [1.807, 2.05) is 13.8 Å². The van der Waals surface area contributed by atoms with E-state index in [1.165, 1.54) is 0 Å². The van der Waals surface area contributed by atoms with Crippen molar-refractivity contribution in [2.24, 2.45) is 11.8 Å². The fourth-order valence-corrected chi connectivity index (χ4v) is 1.68. The molecule has 0 spiro atoms. The van der Waals surface area contributed by atoms with Crippen LogP contribution in [0.3, 0.4) is 0 Å². The molecule has 0 aliphatic carbocycles. The lowest BCUT2D eigenvalue weighted by Gasteiger charge is -2.19. The highest BCUT2D eigenvalue weighted by Gasteiger charge is 2.18. The Kier molecular flexibility index (Phi) is 6.60. The van der Waals surface area contributed by atoms with Gasteiger partial charge in [0, 0.05) is 12.0 Å². The van der Waals surface area contributed by atoms with Crippen molar-refractivity contribution >= 4 is 5.91 Å². The maximum absolute atomic E-state index is 11.8. The quantitative estimate of drug-likeness (QED) is 0.700. The van der Waals surface area contributed by atoms with E-state index in [4.69, 9.17) is 0 Å². The molecule has 0 aromatic heterocycles. The average molecular weight is 199 g/mol. The van der Waals surface area contributed by atoms with Crippen molar-refractivity contribution in [3.8, 4) is 0 Å². The number of nitrogens with one attached hydrogen (secondary N) is 1. The molecule has 1 unspecified atom stereocenters. The molecule has 0 bridgehead atoms. The molecule has 2 nitrogen and oxygen atoms in total. The molecule has 2 heteroatoms. The Morgan fingerprint density at radius 3 is 2.14 bits per heavy atom. The molecule has 0 aliphatic heterocycles. The standard InChI is InChI=1S/C12H25NO/c1-6-7-11(8-9(2)3)12(14)13-10(4)5/h9-11H,6-8H2,1-5H3,(H,13,14). The van der Waals surface area contributed by atoms with Crippen LogP contribution in [0.2, 0.25) is 0 Å². The van der Waals surface area contributed by atoms with Crippen molar-refractivity contribution in [2.45, 2.75) is 59.9 Å². The first-order valence-corrected chi connectivity index (χ1v) is 5.77. The Labute approximate surface area is 88.5 Å². The van der Waals surface area contributed by atoms with E-state index in [-0.39, 0.29) is 17.9 Å². The van der Waals surface area contributed by atoms with Crippen LogP contribution >= 0.6 is 0 Å². The molecule has 0 aliphatic rings. The minimum absolute atomic E-state index is 0.211. The zero-order valence-electron chi connectivity index (χ0n) is 10.3. The van der Waals surface area contributed by atoms with Gasteiger partial charge in [0.25, 0.3) is 0 Å². The molecule has 0 rings (SSSR count). The third kappa shape index (κ3) is 6.01. The predicted molar refractivity (Wildman–Crippen MR) is 61.1 cm³/mol. The summed E-state index contributed by atoms with van der Waals surface area (Å²) in [5, 5.41) is 2.99. The van der Waals surface area contributed by atoms with E-state index in [9.17, 15) is 4.79 Å². The van der Waals surface area contributed by atoms with E-state index in [0.29, 0.717) is 5.92 Å². The van der Waals surface area contributed by atoms with E-state index < -0.39 is 0 Å². The molecular weight excluding hydrogens is 174 g/mol. The molecule has 1 atom stereocenters. The SMILES string of the molecule is CCCC(CC(C)C)C(=O)NC(C)C. The molecule has 0 aromatic rings. The van der Waals surface area contributed by atoms with Crippen molar-refractivity contribution in [3.05, 3.63) is 0 Å². The van der Waals surface area contributed by atoms with Gasteiger partial charge in [-0.05, 0) is 32.6 Å². The van der Waals surface area contributed by atoms with Gasteiger partial charge in [-0.2, -0.15) is 0 Å². The predicted octanol–water partition coefficient (Wildman–Crippen LogP) is 2.97. The van der Waals surface area contributed by atoms with Gasteiger partial charge >= 0.3 is 0 Å². The van der Waals surface area contributed by atoms with Gasteiger partial charge in [-0.1, -0.05) is 27.2 Å². The molecule has 0 saturated heterocycles. The summed E-state index contributed by atoms with van der Waals surface area (Å²) in [6.45, 7) is 10.5. The lowest BCUT2D eigenvalue weighted by molar-refractivity contribution is -0.126. The van der Waals surface area contributed by atoms with E-state index in [2.05, 4.69) is 26.1 Å². The number of amides is 1. The summed E-state index contributed by atoms with van der Waals surface area (Å²) in [5.74, 6) is 1.04. The summed E-state index contributed by atoms with van der Waals surface area (Å²) in [4.78, 5) is 11.8. The fraction of sp³-hybridized carbons (Fsp3) is 0.917. The van der Waals surface area contributed by atoms with Gasteiger partial charge in [-0.25, -0.2) is 0 Å². The van der Waals surface area contributed by atoms with Gasteiger partial charge in [0.1, 0.15) is 0 Å². The van der Waals surface area contributed by atoms with Gasteiger partial charge < -0.3 is 5.32 Å². The maximum atomic E-state index is 11.8. The maximum Gasteiger partial charge on any atom is 0.223 e. The second-order valence-electron chi connectivity index (χ2n) is 4.78. The lowest BCUT2D eigenvalue weighted by atomic mass is 9.92. The second kappa shape index (κ2) is 6.86. The summed E-state index contributed by atoms with van der Waals surface area (Å²) in [6, 6.07) is 0.258. The Bertz CT molecular complexity index is 164. The van der Waals surface area contributed by atoms with Crippen molar-refractivity contribution in [1.29, 1.82) is 0 Å². The van der Waals surface area contributed by atoms with Crippen LogP contribution in [-0.2, 0) is 4.79 Å². The first-order chi connectivity index (χ1) is 6.47. The van der Waals surface area contributed by atoms with Crippen molar-refractivity contribution in [3.63, 3.8) is 0 Å². The largest absolute Gasteiger partial charge is 0.354 e. The first kappa shape index (κ1) is 13.5. The van der Waals surface area contributed by atoms with Crippen LogP contribution in [0.15, 0.2) is 0 Å². The van der Waals surface area contributed by atoms with Crippen molar-refractivity contribution < 1.29 is 4.79 Å². The first-order valence-electron chi connectivity index (χ1n) is 5.77. The highest BCUT2D eigenvalue weighted by atomic mass is 16.1. The number of carbonyl (C=O) groups is 1. The van der Waals surface area contributed by atoms with Gasteiger partial charge in [-0.3, -0.25) is 4.79 Å². The molecule has 0 fully saturated rings. The van der Waals surface area contributed by atoms with Crippen LogP contribution in [0.4, 0.5) is 0 Å². The summed E-state index contributed by atoms with van der Waals surface area (Å²) in [7, 11) is 0. The minimum Gasteiger partial charge on any atom is -0.354 e. The van der Waals surface area contributed by atoms with Crippen LogP contribution in [0.1, 0.15) is 53.9 Å². The molecule has 1 amide bonds. The Morgan fingerprint density at radius 1 is 1.21 bits per heavy atom. The molecule has 0 saturated carbocycles. The minimum atomic E-state index is 0.211. The molecule has 84 valence electrons. The van der Waals surface area contributed by atoms with Crippen LogP contribution in [0.5, 0.6) is 0 Å². The molecule has 14 heavy (non-hydrogen) atoms. The van der Waals surface area contributed by atoms with Gasteiger partial charge in [0.05, 0.1) is 0 Å². The topological polar surface area (TPSA) is 29.1 Å². The third-order valence-corrected chi connectivity index (χ3v) is 2.19. The summed E-state index contributed by atoms with van der Waals surface area (Å²) in [5.41, 5.74) is 0. The zero-order chi connectivity index (χ0) is 11.1. The molecule has 0 radical (unpaired) electrons. The monoisotopic (exact) mass is 199 g/mol. The van der Waals surface area contributed by atoms with Crippen molar-refractivity contribution in [1.82, 2.24) is 5.32 Å². The van der Waals surface area contributed by atoms with Gasteiger partial charge in [-0.15, -0.1) is 0 Å². The number of rotatable bonds is 6. The fourth-order valence-electron chi connectivity index (χ4n) is 1.68. The molecular formula is C12H25NO. The molecule has 1 N–H and O–H groups in total. The van der Waals surface area contributed by atoms with Crippen LogP contribution in [0.25, 0.3) is 0 Å². The summed E-state index contributed by atoms with van der Waals surface area (Å²) in [6.07, 6.45) is 3.10. The second-order valence-corrected chi connectivity index (χ2v) is 4.78. The summed E-state index contributed by atoms with van der Waals surface area (Å²) < 4.78 is 0. The van der Waals surface area contributed by atoms with E-state index in [0.717, 1.165) is 19.3 Å². The Balaban J connectivity index is 4.10. The van der Waals surface area contributed by atoms with Gasteiger partial charge in [0.15, 0.2) is 0 Å². The number of hydrogen-bond acceptors (Lipinski definition) is 1. The average Bonchev–Trinajstić information content (AvgIpc) is 2.01. The lowest BCUT2D eigenvalue weighted by Crippen LogP contribution is -2.36. The number of carbonyl (C=O) groups excluding carboxylic acids is 1. The number of hydrogen-bond donors (Lipinski definition) is 1. The normalized spacial score (nSPS) is 13.4.